The molecule has 3 rings (SSSR count). The van der Waals surface area contributed by atoms with Crippen LogP contribution >= 0.6 is 0 Å². The van der Waals surface area contributed by atoms with Crippen molar-refractivity contribution in [3.8, 4) is 11.8 Å². The Bertz CT molecular complexity index is 975. The van der Waals surface area contributed by atoms with Crippen LogP contribution < -0.4 is 5.32 Å². The zero-order chi connectivity index (χ0) is 19.8. The molecule has 0 aliphatic heterocycles. The third kappa shape index (κ3) is 4.20. The van der Waals surface area contributed by atoms with Crippen molar-refractivity contribution >= 4 is 11.5 Å². The molecule has 3 aromatic carbocycles. The highest BCUT2D eigenvalue weighted by molar-refractivity contribution is 6.12. The quantitative estimate of drug-likeness (QED) is 0.294. The Labute approximate surface area is 165 Å². The minimum atomic E-state index is -1.58. The van der Waals surface area contributed by atoms with Crippen LogP contribution in [0.5, 0.6) is 0 Å². The Morgan fingerprint density at radius 2 is 1.46 bits per heavy atom. The number of hydrogen-bond donors (Lipinski definition) is 2. The number of para-hydroxylation sites is 1. The summed E-state index contributed by atoms with van der Waals surface area (Å²) in [6, 6.07) is 25.4. The Hall–Kier alpha value is -3.61. The van der Waals surface area contributed by atoms with Crippen LogP contribution in [-0.2, 0) is 5.60 Å². The van der Waals surface area contributed by atoms with Crippen molar-refractivity contribution in [2.75, 3.05) is 11.9 Å². The van der Waals surface area contributed by atoms with Gasteiger partial charge >= 0.3 is 0 Å². The first-order valence-electron chi connectivity index (χ1n) is 9.00. The number of nitrogens with one attached hydrogen (secondary N) is 1. The lowest BCUT2D eigenvalue weighted by molar-refractivity contribution is 0.105. The highest BCUT2D eigenvalue weighted by Crippen LogP contribution is 2.29. The normalized spacial score (nSPS) is 10.5. The fourth-order valence-electron chi connectivity index (χ4n) is 2.90. The second-order valence-corrected chi connectivity index (χ2v) is 6.24. The first-order valence-corrected chi connectivity index (χ1v) is 9.00. The minimum Gasteiger partial charge on any atom is -0.381 e. The van der Waals surface area contributed by atoms with Gasteiger partial charge in [0.1, 0.15) is 0 Å². The van der Waals surface area contributed by atoms with Gasteiger partial charge in [0.25, 0.3) is 0 Å². The van der Waals surface area contributed by atoms with Crippen LogP contribution in [0, 0.1) is 11.8 Å². The molecule has 2 N–H and O–H groups in total. The second kappa shape index (κ2) is 8.85. The molecular weight excluding hydrogens is 346 g/mol. The number of carbonyl (C=O) groups is 1. The van der Waals surface area contributed by atoms with E-state index in [1.54, 1.807) is 42.5 Å². The molecule has 0 aromatic heterocycles. The molecule has 0 heterocycles. The number of hydrogen-bond acceptors (Lipinski definition) is 3. The van der Waals surface area contributed by atoms with E-state index in [1.165, 1.54) is 0 Å². The van der Waals surface area contributed by atoms with Crippen LogP contribution in [0.3, 0.4) is 0 Å². The van der Waals surface area contributed by atoms with E-state index in [9.17, 15) is 9.90 Å². The summed E-state index contributed by atoms with van der Waals surface area (Å²) in [5.41, 5.74) is 0.783. The van der Waals surface area contributed by atoms with Crippen molar-refractivity contribution in [3.05, 3.63) is 114 Å². The summed E-state index contributed by atoms with van der Waals surface area (Å²) in [7, 11) is 0. The van der Waals surface area contributed by atoms with Gasteiger partial charge in [-0.3, -0.25) is 4.79 Å². The number of Topliss-reactive ketones (excluding diaryl/α,β-unsaturated/α-hetero) is 1. The van der Waals surface area contributed by atoms with Gasteiger partial charge in [0.05, 0.1) is 5.56 Å². The van der Waals surface area contributed by atoms with Crippen molar-refractivity contribution in [1.29, 1.82) is 0 Å². The zero-order valence-electron chi connectivity index (χ0n) is 15.4. The molecular formula is C25H21NO2. The molecule has 0 radical (unpaired) electrons. The van der Waals surface area contributed by atoms with Crippen LogP contribution in [0.15, 0.2) is 97.6 Å². The minimum absolute atomic E-state index is 0.363. The molecule has 0 unspecified atom stereocenters. The van der Waals surface area contributed by atoms with Gasteiger partial charge in [-0.15, -0.1) is 6.58 Å². The smallest absolute Gasteiger partial charge is 0.238 e. The Balaban J connectivity index is 2.01. The molecule has 28 heavy (non-hydrogen) atoms. The third-order valence-corrected chi connectivity index (χ3v) is 4.35. The van der Waals surface area contributed by atoms with E-state index in [1.807, 2.05) is 48.5 Å². The van der Waals surface area contributed by atoms with Gasteiger partial charge < -0.3 is 10.4 Å². The number of benzene rings is 3. The molecule has 0 aliphatic carbocycles. The summed E-state index contributed by atoms with van der Waals surface area (Å²) in [5.74, 6) is 5.10. The Morgan fingerprint density at radius 1 is 0.929 bits per heavy atom. The zero-order valence-corrected chi connectivity index (χ0v) is 15.4. The molecule has 0 saturated heterocycles. The van der Waals surface area contributed by atoms with Crippen molar-refractivity contribution in [2.45, 2.75) is 5.60 Å². The molecule has 0 saturated carbocycles. The molecule has 0 fully saturated rings. The molecule has 0 bridgehead atoms. The first kappa shape index (κ1) is 19.2. The van der Waals surface area contributed by atoms with E-state index < -0.39 is 5.60 Å². The van der Waals surface area contributed by atoms with Crippen LogP contribution in [0.4, 0.5) is 5.69 Å². The summed E-state index contributed by atoms with van der Waals surface area (Å²) in [6.07, 6.45) is 1.72. The van der Waals surface area contributed by atoms with Crippen LogP contribution in [0.25, 0.3) is 0 Å². The van der Waals surface area contributed by atoms with E-state index in [4.69, 9.17) is 0 Å². The van der Waals surface area contributed by atoms with E-state index in [0.29, 0.717) is 28.9 Å². The van der Waals surface area contributed by atoms with E-state index in [2.05, 4.69) is 23.7 Å². The lowest BCUT2D eigenvalue weighted by atomic mass is 9.86. The molecule has 3 nitrogen and oxygen atoms in total. The summed E-state index contributed by atoms with van der Waals surface area (Å²) < 4.78 is 0. The number of rotatable bonds is 6. The van der Waals surface area contributed by atoms with E-state index in [-0.39, 0.29) is 5.78 Å². The predicted molar refractivity (Wildman–Crippen MR) is 113 cm³/mol. The number of aliphatic hydroxyl groups is 1. The third-order valence-electron chi connectivity index (χ3n) is 4.35. The summed E-state index contributed by atoms with van der Waals surface area (Å²) >= 11 is 0. The highest BCUT2D eigenvalue weighted by atomic mass is 16.3. The van der Waals surface area contributed by atoms with Crippen molar-refractivity contribution in [2.24, 2.45) is 0 Å². The van der Waals surface area contributed by atoms with Crippen molar-refractivity contribution < 1.29 is 9.90 Å². The standard InChI is InChI=1S/C25H21NO2/c1-2-19-26-23-16-10-9-15-22(23)24(27)17-18-25(28,20-11-5-3-6-12-20)21-13-7-4-8-14-21/h2-16,26,28H,1,19H2. The monoisotopic (exact) mass is 367 g/mol. The molecule has 3 heteroatoms. The highest BCUT2D eigenvalue weighted by Gasteiger charge is 2.29. The SMILES string of the molecule is C=CCNc1ccccc1C(=O)C#CC(O)(c1ccccc1)c1ccccc1. The largest absolute Gasteiger partial charge is 0.381 e. The van der Waals surface area contributed by atoms with Gasteiger partial charge in [0.2, 0.25) is 5.78 Å². The molecule has 138 valence electrons. The number of ketones is 1. The maximum absolute atomic E-state index is 12.8. The maximum Gasteiger partial charge on any atom is 0.238 e. The topological polar surface area (TPSA) is 49.3 Å². The predicted octanol–water partition coefficient (Wildman–Crippen LogP) is 4.41. The maximum atomic E-state index is 12.8. The average molecular weight is 367 g/mol. The summed E-state index contributed by atoms with van der Waals surface area (Å²) in [6.45, 7) is 4.21. The molecule has 0 amide bonds. The van der Waals surface area contributed by atoms with Crippen LogP contribution in [0.2, 0.25) is 0 Å². The van der Waals surface area contributed by atoms with E-state index >= 15 is 0 Å². The Morgan fingerprint density at radius 3 is 2.04 bits per heavy atom. The van der Waals surface area contributed by atoms with Crippen LogP contribution in [0.1, 0.15) is 21.5 Å². The van der Waals surface area contributed by atoms with Gasteiger partial charge in [-0.2, -0.15) is 0 Å². The lowest BCUT2D eigenvalue weighted by Gasteiger charge is -2.23. The lowest BCUT2D eigenvalue weighted by Crippen LogP contribution is -2.25. The first-order chi connectivity index (χ1) is 13.6. The van der Waals surface area contributed by atoms with Gasteiger partial charge in [-0.25, -0.2) is 0 Å². The number of anilines is 1. The molecule has 3 aromatic rings. The fourth-order valence-corrected chi connectivity index (χ4v) is 2.90. The van der Waals surface area contributed by atoms with E-state index in [0.717, 1.165) is 0 Å². The van der Waals surface area contributed by atoms with Crippen molar-refractivity contribution in [1.82, 2.24) is 0 Å². The fraction of sp³-hybridized carbons (Fsp3) is 0.0800. The second-order valence-electron chi connectivity index (χ2n) is 6.24. The average Bonchev–Trinajstić information content (AvgIpc) is 2.77. The van der Waals surface area contributed by atoms with Gasteiger partial charge in [-0.1, -0.05) is 78.9 Å². The summed E-state index contributed by atoms with van der Waals surface area (Å²) in [5, 5.41) is 14.5. The van der Waals surface area contributed by atoms with Crippen molar-refractivity contribution in [3.63, 3.8) is 0 Å². The van der Waals surface area contributed by atoms with Gasteiger partial charge in [-0.05, 0) is 24.0 Å². The molecule has 0 aliphatic rings. The van der Waals surface area contributed by atoms with Gasteiger partial charge in [0, 0.05) is 23.4 Å². The molecule has 0 spiro atoms. The van der Waals surface area contributed by atoms with Gasteiger partial charge in [0.15, 0.2) is 5.60 Å². The van der Waals surface area contributed by atoms with Crippen LogP contribution in [-0.4, -0.2) is 17.4 Å². The summed E-state index contributed by atoms with van der Waals surface area (Å²) in [4.78, 5) is 12.8. The number of carbonyl (C=O) groups excluding carboxylic acids is 1. The molecule has 0 atom stereocenters. The Kier molecular flexibility index (Phi) is 6.06.